The Labute approximate surface area is 255 Å². The summed E-state index contributed by atoms with van der Waals surface area (Å²) in [5.41, 5.74) is 1.23. The number of likely N-dealkylation sites (tertiary alicyclic amines) is 2. The molecule has 0 saturated carbocycles. The van der Waals surface area contributed by atoms with Crippen LogP contribution in [0.1, 0.15) is 58.4 Å². The monoisotopic (exact) mass is 595 g/mol. The number of carbonyl (C=O) groups excluding carboxylic acids is 3. The first-order valence-electron chi connectivity index (χ1n) is 15.1. The van der Waals surface area contributed by atoms with Crippen molar-refractivity contribution in [1.29, 1.82) is 0 Å². The molecule has 2 aliphatic heterocycles. The number of amides is 2. The number of hydrogen-bond donors (Lipinski definition) is 1. The molecule has 0 unspecified atom stereocenters. The molecule has 0 radical (unpaired) electrons. The molecule has 0 aliphatic carbocycles. The van der Waals surface area contributed by atoms with E-state index in [9.17, 15) is 24.3 Å². The van der Waals surface area contributed by atoms with Gasteiger partial charge in [-0.15, -0.1) is 0 Å². The number of carbonyl (C=O) groups is 3. The third-order valence-corrected chi connectivity index (χ3v) is 9.28. The van der Waals surface area contributed by atoms with Gasteiger partial charge in [0.15, 0.2) is 5.78 Å². The van der Waals surface area contributed by atoms with E-state index < -0.39 is 5.60 Å². The number of nitrogens with zero attached hydrogens (tertiary/aromatic N) is 5. The normalized spacial score (nSPS) is 20.1. The number of benzene rings is 2. The lowest BCUT2D eigenvalue weighted by Crippen LogP contribution is -2.53. The van der Waals surface area contributed by atoms with E-state index in [4.69, 9.17) is 0 Å². The first kappa shape index (κ1) is 29.5. The lowest BCUT2D eigenvalue weighted by molar-refractivity contribution is -0.142. The fourth-order valence-corrected chi connectivity index (χ4v) is 6.67. The molecule has 10 nitrogen and oxygen atoms in total. The average Bonchev–Trinajstić information content (AvgIpc) is 3.43. The minimum Gasteiger partial charge on any atom is -0.388 e. The number of aromatic nitrogens is 3. The van der Waals surface area contributed by atoms with Crippen molar-refractivity contribution in [2.75, 3.05) is 26.2 Å². The third kappa shape index (κ3) is 5.69. The van der Waals surface area contributed by atoms with Gasteiger partial charge in [-0.1, -0.05) is 42.5 Å². The minimum atomic E-state index is -1.13. The van der Waals surface area contributed by atoms with Gasteiger partial charge < -0.3 is 19.5 Å². The summed E-state index contributed by atoms with van der Waals surface area (Å²) in [5, 5.41) is 11.9. The van der Waals surface area contributed by atoms with Crippen molar-refractivity contribution < 1.29 is 19.5 Å². The second-order valence-corrected chi connectivity index (χ2v) is 12.2. The fraction of sp³-hybridized carbons (Fsp3) is 0.382. The van der Waals surface area contributed by atoms with E-state index in [1.807, 2.05) is 42.3 Å². The summed E-state index contributed by atoms with van der Waals surface area (Å²) in [6, 6.07) is 18.3. The average molecular weight is 596 g/mol. The standard InChI is InChI=1S/C34H37N5O5/c1-23(40)25-9-6-10-26(19-25)31(41)38-16-12-27(29(20-38)24-7-4-3-5-8-24)32(42)37-17-13-34(44,14-18-37)21-39-22-35-30-28(33(39)43)11-15-36(30)2/h3-11,15,19,22,27,29,44H,12-14,16-18,20-21H2,1-2H3/t27-,29+/m1/s1. The molecule has 2 saturated heterocycles. The van der Waals surface area contributed by atoms with Crippen molar-refractivity contribution in [2.24, 2.45) is 13.0 Å². The van der Waals surface area contributed by atoms with Gasteiger partial charge in [-0.05, 0) is 49.9 Å². The number of fused-ring (bicyclic) bond motifs is 1. The Kier molecular flexibility index (Phi) is 7.94. The Bertz CT molecular complexity index is 1770. The number of rotatable bonds is 6. The summed E-state index contributed by atoms with van der Waals surface area (Å²) in [4.78, 5) is 60.4. The maximum absolute atomic E-state index is 14.0. The highest BCUT2D eigenvalue weighted by atomic mass is 16.3. The molecule has 2 aromatic carbocycles. The highest BCUT2D eigenvalue weighted by Gasteiger charge is 2.41. The minimum absolute atomic E-state index is 0.0242. The second kappa shape index (κ2) is 11.8. The largest absolute Gasteiger partial charge is 0.388 e. The number of aliphatic hydroxyl groups is 1. The molecule has 0 bridgehead atoms. The molecule has 2 aromatic heterocycles. The van der Waals surface area contributed by atoms with Gasteiger partial charge in [0.1, 0.15) is 12.0 Å². The summed E-state index contributed by atoms with van der Waals surface area (Å²) in [6.07, 6.45) is 4.47. The van der Waals surface area contributed by atoms with Crippen LogP contribution in [0, 0.1) is 5.92 Å². The Morgan fingerprint density at radius 3 is 2.41 bits per heavy atom. The van der Waals surface area contributed by atoms with Gasteiger partial charge in [0.2, 0.25) is 5.91 Å². The second-order valence-electron chi connectivity index (χ2n) is 12.2. The molecule has 6 rings (SSSR count). The summed E-state index contributed by atoms with van der Waals surface area (Å²) in [7, 11) is 1.83. The quantitative estimate of drug-likeness (QED) is 0.342. The zero-order chi connectivity index (χ0) is 31.0. The van der Waals surface area contributed by atoms with Gasteiger partial charge >= 0.3 is 0 Å². The molecule has 4 aromatic rings. The van der Waals surface area contributed by atoms with Crippen LogP contribution >= 0.6 is 0 Å². The van der Waals surface area contributed by atoms with Gasteiger partial charge in [0.25, 0.3) is 11.5 Å². The number of ketones is 1. The molecule has 2 amide bonds. The molecule has 44 heavy (non-hydrogen) atoms. The van der Waals surface area contributed by atoms with Crippen LogP contribution in [0.15, 0.2) is 78.0 Å². The maximum atomic E-state index is 14.0. The van der Waals surface area contributed by atoms with Crippen molar-refractivity contribution >= 4 is 28.6 Å². The summed E-state index contributed by atoms with van der Waals surface area (Å²) in [6.45, 7) is 3.17. The number of Topliss-reactive ketones (excluding diaryl/α,β-unsaturated/α-hetero) is 1. The van der Waals surface area contributed by atoms with Crippen molar-refractivity contribution in [3.8, 4) is 0 Å². The first-order valence-corrected chi connectivity index (χ1v) is 15.1. The van der Waals surface area contributed by atoms with Crippen molar-refractivity contribution in [2.45, 2.75) is 44.2 Å². The van der Waals surface area contributed by atoms with Crippen LogP contribution in [0.25, 0.3) is 11.0 Å². The van der Waals surface area contributed by atoms with Gasteiger partial charge in [-0.3, -0.25) is 23.7 Å². The highest BCUT2D eigenvalue weighted by Crippen LogP contribution is 2.36. The summed E-state index contributed by atoms with van der Waals surface area (Å²) >= 11 is 0. The van der Waals surface area contributed by atoms with E-state index in [0.29, 0.717) is 67.6 Å². The van der Waals surface area contributed by atoms with Gasteiger partial charge in [-0.2, -0.15) is 0 Å². The molecule has 228 valence electrons. The molecule has 0 spiro atoms. The van der Waals surface area contributed by atoms with E-state index in [1.165, 1.54) is 17.8 Å². The fourth-order valence-electron chi connectivity index (χ4n) is 6.67. The number of piperidine rings is 2. The van der Waals surface area contributed by atoms with E-state index in [1.54, 1.807) is 46.0 Å². The first-order chi connectivity index (χ1) is 21.1. The van der Waals surface area contributed by atoms with E-state index in [-0.39, 0.29) is 41.5 Å². The molecule has 2 aliphatic rings. The molecule has 10 heteroatoms. The molecular formula is C34H37N5O5. The number of hydrogen-bond acceptors (Lipinski definition) is 6. The Hall–Kier alpha value is -4.57. The Balaban J connectivity index is 1.16. The van der Waals surface area contributed by atoms with Crippen LogP contribution in [0.5, 0.6) is 0 Å². The van der Waals surface area contributed by atoms with Gasteiger partial charge in [0.05, 0.1) is 17.5 Å². The molecule has 1 N–H and O–H groups in total. The van der Waals surface area contributed by atoms with Crippen molar-refractivity contribution in [1.82, 2.24) is 23.9 Å². The topological polar surface area (TPSA) is 118 Å². The number of aryl methyl sites for hydroxylation is 1. The Morgan fingerprint density at radius 2 is 1.68 bits per heavy atom. The van der Waals surface area contributed by atoms with E-state index >= 15 is 0 Å². The predicted molar refractivity (Wildman–Crippen MR) is 165 cm³/mol. The van der Waals surface area contributed by atoms with Gasteiger partial charge in [-0.25, -0.2) is 4.98 Å². The zero-order valence-electron chi connectivity index (χ0n) is 25.1. The SMILES string of the molecule is CC(=O)c1cccc(C(=O)N2CC[C@@H](C(=O)N3CCC(O)(Cn4cnc5c(ccn5C)c4=O)CC3)[C@H](c3ccccc3)C2)c1. The van der Waals surface area contributed by atoms with Gasteiger partial charge in [0, 0.05) is 62.4 Å². The summed E-state index contributed by atoms with van der Waals surface area (Å²) in [5.74, 6) is -0.734. The predicted octanol–water partition coefficient (Wildman–Crippen LogP) is 3.24. The molecule has 2 fully saturated rings. The van der Waals surface area contributed by atoms with E-state index in [0.717, 1.165) is 5.56 Å². The van der Waals surface area contributed by atoms with Crippen LogP contribution in [-0.2, 0) is 18.4 Å². The van der Waals surface area contributed by atoms with Crippen LogP contribution in [-0.4, -0.2) is 78.4 Å². The smallest absolute Gasteiger partial charge is 0.262 e. The van der Waals surface area contributed by atoms with Crippen LogP contribution in [0.4, 0.5) is 0 Å². The lowest BCUT2D eigenvalue weighted by Gasteiger charge is -2.43. The van der Waals surface area contributed by atoms with Crippen molar-refractivity contribution in [3.05, 3.63) is 100 Å². The van der Waals surface area contributed by atoms with Crippen molar-refractivity contribution in [3.63, 3.8) is 0 Å². The third-order valence-electron chi connectivity index (χ3n) is 9.28. The Morgan fingerprint density at radius 1 is 0.955 bits per heavy atom. The van der Waals surface area contributed by atoms with Crippen LogP contribution in [0.2, 0.25) is 0 Å². The van der Waals surface area contributed by atoms with Crippen LogP contribution in [0.3, 0.4) is 0 Å². The van der Waals surface area contributed by atoms with E-state index in [2.05, 4.69) is 4.98 Å². The maximum Gasteiger partial charge on any atom is 0.262 e. The molecule has 2 atom stereocenters. The highest BCUT2D eigenvalue weighted by molar-refractivity contribution is 5.99. The zero-order valence-corrected chi connectivity index (χ0v) is 25.1. The molecule has 4 heterocycles. The molecular weight excluding hydrogens is 558 g/mol. The summed E-state index contributed by atoms with van der Waals surface area (Å²) < 4.78 is 3.25. The van der Waals surface area contributed by atoms with Crippen LogP contribution < -0.4 is 5.56 Å². The lowest BCUT2D eigenvalue weighted by atomic mass is 9.79.